The normalized spacial score (nSPS) is 12.0. The highest BCUT2D eigenvalue weighted by Crippen LogP contribution is 2.41. The van der Waals surface area contributed by atoms with Gasteiger partial charge in [0, 0.05) is 24.0 Å². The lowest BCUT2D eigenvalue weighted by Crippen LogP contribution is -2.14. The lowest BCUT2D eigenvalue weighted by atomic mass is 9.92. The topological polar surface area (TPSA) is 120 Å². The summed E-state index contributed by atoms with van der Waals surface area (Å²) in [5.74, 6) is -0.00601. The summed E-state index contributed by atoms with van der Waals surface area (Å²) < 4.78 is 11.0. The van der Waals surface area contributed by atoms with Crippen molar-refractivity contribution in [3.8, 4) is 34.1 Å². The highest BCUT2D eigenvalue weighted by atomic mass is 16.5. The van der Waals surface area contributed by atoms with Crippen molar-refractivity contribution in [3.63, 3.8) is 0 Å². The molecule has 180 valence electrons. The minimum atomic E-state index is -1.04. The Labute approximate surface area is 201 Å². The fraction of sp³-hybridized carbons (Fsp3) is 0.179. The first-order chi connectivity index (χ1) is 16.7. The van der Waals surface area contributed by atoms with Crippen LogP contribution in [0.5, 0.6) is 23.0 Å². The Bertz CT molecular complexity index is 1450. The zero-order valence-corrected chi connectivity index (χ0v) is 19.4. The number of phenols is 3. The van der Waals surface area contributed by atoms with E-state index >= 15 is 0 Å². The molecule has 0 amide bonds. The molecule has 1 atom stereocenters. The highest BCUT2D eigenvalue weighted by Gasteiger charge is 2.26. The largest absolute Gasteiger partial charge is 0.508 e. The van der Waals surface area contributed by atoms with E-state index in [2.05, 4.69) is 6.58 Å². The number of fused-ring (bicyclic) bond motifs is 1. The minimum Gasteiger partial charge on any atom is -0.508 e. The van der Waals surface area contributed by atoms with Crippen LogP contribution in [0.15, 0.2) is 76.2 Å². The van der Waals surface area contributed by atoms with E-state index in [9.17, 15) is 25.2 Å². The number of phenolic OH excluding ortho intramolecular Hbond substituents is 3. The van der Waals surface area contributed by atoms with Crippen LogP contribution < -0.4 is 10.2 Å². The van der Waals surface area contributed by atoms with Crippen molar-refractivity contribution in [2.24, 2.45) is 0 Å². The van der Waals surface area contributed by atoms with E-state index in [0.29, 0.717) is 16.9 Å². The van der Waals surface area contributed by atoms with Crippen LogP contribution in [0.4, 0.5) is 0 Å². The summed E-state index contributed by atoms with van der Waals surface area (Å²) in [6.07, 6.45) is 0.276. The standard InChI is InChI=1S/C28H26O7/c1-15(2)23(30)13-20-25(31)21(12-16-4-8-18(29)9-5-16)28-24(26(20)32)27(33)22(14-35-28)17-6-10-19(34-3)11-7-17/h4-11,14,23,29-32H,1,12-13H2,2-3H3. The Morgan fingerprint density at radius 3 is 2.26 bits per heavy atom. The molecule has 1 aromatic heterocycles. The Hall–Kier alpha value is -4.23. The second-order valence-electron chi connectivity index (χ2n) is 8.47. The fourth-order valence-corrected chi connectivity index (χ4v) is 3.97. The predicted octanol–water partition coefficient (Wildman–Crippen LogP) is 4.66. The summed E-state index contributed by atoms with van der Waals surface area (Å²) >= 11 is 0. The number of aliphatic hydroxyl groups excluding tert-OH is 1. The third-order valence-corrected chi connectivity index (χ3v) is 6.05. The van der Waals surface area contributed by atoms with E-state index in [1.807, 2.05) is 0 Å². The summed E-state index contributed by atoms with van der Waals surface area (Å²) in [6, 6.07) is 13.2. The molecule has 1 heterocycles. The van der Waals surface area contributed by atoms with E-state index in [-0.39, 0.29) is 52.0 Å². The number of rotatable bonds is 7. The second kappa shape index (κ2) is 9.56. The minimum absolute atomic E-state index is 0.0287. The average Bonchev–Trinajstić information content (AvgIpc) is 2.85. The number of aromatic hydroxyl groups is 3. The maximum atomic E-state index is 13.6. The van der Waals surface area contributed by atoms with E-state index in [1.165, 1.54) is 18.4 Å². The van der Waals surface area contributed by atoms with Gasteiger partial charge in [0.1, 0.15) is 40.2 Å². The van der Waals surface area contributed by atoms with Crippen molar-refractivity contribution in [2.75, 3.05) is 7.11 Å². The molecule has 35 heavy (non-hydrogen) atoms. The summed E-state index contributed by atoms with van der Waals surface area (Å²) in [5.41, 5.74) is 1.85. The van der Waals surface area contributed by atoms with E-state index in [1.54, 1.807) is 50.4 Å². The first-order valence-electron chi connectivity index (χ1n) is 11.0. The molecule has 4 rings (SSSR count). The molecular formula is C28H26O7. The maximum absolute atomic E-state index is 13.6. The maximum Gasteiger partial charge on any atom is 0.204 e. The smallest absolute Gasteiger partial charge is 0.204 e. The van der Waals surface area contributed by atoms with Gasteiger partial charge in [-0.25, -0.2) is 0 Å². The second-order valence-corrected chi connectivity index (χ2v) is 8.47. The molecule has 3 aromatic carbocycles. The monoisotopic (exact) mass is 474 g/mol. The van der Waals surface area contributed by atoms with Gasteiger partial charge in [0.2, 0.25) is 5.43 Å². The molecule has 1 unspecified atom stereocenters. The molecule has 0 aliphatic rings. The van der Waals surface area contributed by atoms with Crippen LogP contribution in [-0.4, -0.2) is 33.6 Å². The molecule has 4 aromatic rings. The molecule has 0 fully saturated rings. The molecule has 0 bridgehead atoms. The third kappa shape index (κ3) is 4.58. The van der Waals surface area contributed by atoms with Gasteiger partial charge < -0.3 is 29.6 Å². The molecule has 0 saturated heterocycles. The number of aliphatic hydroxyl groups is 1. The van der Waals surface area contributed by atoms with Crippen LogP contribution in [0, 0.1) is 0 Å². The van der Waals surface area contributed by atoms with Crippen LogP contribution >= 0.6 is 0 Å². The average molecular weight is 475 g/mol. The number of ether oxygens (including phenoxy) is 1. The Kier molecular flexibility index (Phi) is 6.53. The van der Waals surface area contributed by atoms with Gasteiger partial charge in [-0.1, -0.05) is 36.4 Å². The van der Waals surface area contributed by atoms with Crippen LogP contribution in [0.1, 0.15) is 23.6 Å². The first kappa shape index (κ1) is 23.9. The Morgan fingerprint density at radius 2 is 1.66 bits per heavy atom. The highest BCUT2D eigenvalue weighted by molar-refractivity contribution is 5.92. The van der Waals surface area contributed by atoms with E-state index in [0.717, 1.165) is 5.56 Å². The summed E-state index contributed by atoms with van der Waals surface area (Å²) in [6.45, 7) is 5.36. The summed E-state index contributed by atoms with van der Waals surface area (Å²) in [5, 5.41) is 42.1. The zero-order chi connectivity index (χ0) is 25.3. The molecule has 4 N–H and O–H groups in total. The van der Waals surface area contributed by atoms with Crippen molar-refractivity contribution in [1.82, 2.24) is 0 Å². The number of hydrogen-bond donors (Lipinski definition) is 4. The quantitative estimate of drug-likeness (QED) is 0.288. The summed E-state index contributed by atoms with van der Waals surface area (Å²) in [4.78, 5) is 13.6. The third-order valence-electron chi connectivity index (χ3n) is 6.05. The van der Waals surface area contributed by atoms with E-state index in [4.69, 9.17) is 9.15 Å². The molecule has 0 radical (unpaired) electrons. The Morgan fingerprint density at radius 1 is 1.00 bits per heavy atom. The first-order valence-corrected chi connectivity index (χ1v) is 11.0. The van der Waals surface area contributed by atoms with Gasteiger partial charge in [-0.05, 0) is 42.3 Å². The van der Waals surface area contributed by atoms with Gasteiger partial charge in [0.05, 0.1) is 18.8 Å². The van der Waals surface area contributed by atoms with E-state index < -0.39 is 17.3 Å². The van der Waals surface area contributed by atoms with Crippen molar-refractivity contribution in [1.29, 1.82) is 0 Å². The van der Waals surface area contributed by atoms with Gasteiger partial charge in [-0.3, -0.25) is 4.79 Å². The molecule has 7 heteroatoms. The Balaban J connectivity index is 1.97. The van der Waals surface area contributed by atoms with Crippen molar-refractivity contribution in [2.45, 2.75) is 25.9 Å². The molecule has 7 nitrogen and oxygen atoms in total. The van der Waals surface area contributed by atoms with Gasteiger partial charge in [-0.2, -0.15) is 0 Å². The molecule has 0 saturated carbocycles. The lowest BCUT2D eigenvalue weighted by molar-refractivity contribution is 0.209. The SMILES string of the molecule is C=C(C)C(O)Cc1c(O)c(Cc2ccc(O)cc2)c2occ(-c3ccc(OC)cc3)c(=O)c2c1O. The molecule has 0 spiro atoms. The molecule has 0 aliphatic carbocycles. The van der Waals surface area contributed by atoms with Gasteiger partial charge in [-0.15, -0.1) is 0 Å². The van der Waals surface area contributed by atoms with Crippen molar-refractivity contribution >= 4 is 11.0 Å². The van der Waals surface area contributed by atoms with Crippen LogP contribution in [0.3, 0.4) is 0 Å². The van der Waals surface area contributed by atoms with Gasteiger partial charge in [0.25, 0.3) is 0 Å². The number of hydrogen-bond acceptors (Lipinski definition) is 7. The van der Waals surface area contributed by atoms with Crippen molar-refractivity contribution < 1.29 is 29.6 Å². The number of methoxy groups -OCH3 is 1. The molecule has 0 aliphatic heterocycles. The fourth-order valence-electron chi connectivity index (χ4n) is 3.97. The van der Waals surface area contributed by atoms with Crippen LogP contribution in [-0.2, 0) is 12.8 Å². The zero-order valence-electron chi connectivity index (χ0n) is 19.4. The predicted molar refractivity (Wildman–Crippen MR) is 133 cm³/mol. The lowest BCUT2D eigenvalue weighted by Gasteiger charge is -2.18. The van der Waals surface area contributed by atoms with Gasteiger partial charge in [0.15, 0.2) is 0 Å². The number of benzene rings is 3. The summed E-state index contributed by atoms with van der Waals surface area (Å²) in [7, 11) is 1.54. The molecular weight excluding hydrogens is 448 g/mol. The van der Waals surface area contributed by atoms with Crippen LogP contribution in [0.25, 0.3) is 22.1 Å². The van der Waals surface area contributed by atoms with Gasteiger partial charge >= 0.3 is 0 Å². The van der Waals surface area contributed by atoms with Crippen LogP contribution in [0.2, 0.25) is 0 Å². The van der Waals surface area contributed by atoms with Crippen molar-refractivity contribution in [3.05, 3.63) is 93.9 Å².